The number of carbonyl (C=O) groups excluding carboxylic acids is 3. The van der Waals surface area contributed by atoms with Crippen LogP contribution in [0.3, 0.4) is 0 Å². The number of esters is 1. The number of fused-ring (bicyclic) bond motifs is 5. The number of hydrogen-bond donors (Lipinski definition) is 0. The predicted octanol–water partition coefficient (Wildman–Crippen LogP) is 4.81. The van der Waals surface area contributed by atoms with Gasteiger partial charge >= 0.3 is 12.1 Å². The smallest absolute Gasteiger partial charge is 0.451 e. The number of alkyl halides is 3. The summed E-state index contributed by atoms with van der Waals surface area (Å²) in [4.78, 5) is 35.7. The van der Waals surface area contributed by atoms with Crippen LogP contribution >= 0.6 is 0 Å². The highest BCUT2D eigenvalue weighted by molar-refractivity contribution is 5.91. The number of halogens is 3. The lowest BCUT2D eigenvalue weighted by Crippen LogP contribution is -2.51. The molecule has 7 heteroatoms. The van der Waals surface area contributed by atoms with Crippen LogP contribution in [-0.2, 0) is 19.1 Å². The normalized spacial score (nSPS) is 40.7. The zero-order chi connectivity index (χ0) is 21.9. The van der Waals surface area contributed by atoms with E-state index in [2.05, 4.69) is 18.6 Å². The zero-order valence-electron chi connectivity index (χ0n) is 17.5. The molecule has 0 spiro atoms. The van der Waals surface area contributed by atoms with Crippen molar-refractivity contribution in [2.75, 3.05) is 6.61 Å². The first-order valence-corrected chi connectivity index (χ1v) is 11.0. The van der Waals surface area contributed by atoms with Crippen LogP contribution in [0.4, 0.5) is 13.2 Å². The molecule has 166 valence electrons. The molecule has 0 amide bonds. The third-order valence-electron chi connectivity index (χ3n) is 8.93. The predicted molar refractivity (Wildman–Crippen MR) is 102 cm³/mol. The highest BCUT2D eigenvalue weighted by Gasteiger charge is 2.60. The summed E-state index contributed by atoms with van der Waals surface area (Å²) in [6.45, 7) is 3.60. The molecule has 4 nitrogen and oxygen atoms in total. The first-order valence-electron chi connectivity index (χ1n) is 11.0. The van der Waals surface area contributed by atoms with Gasteiger partial charge in [0.1, 0.15) is 0 Å². The minimum Gasteiger partial charge on any atom is -0.451 e. The molecule has 0 heterocycles. The number of ketones is 2. The highest BCUT2D eigenvalue weighted by Crippen LogP contribution is 2.66. The third-order valence-corrected chi connectivity index (χ3v) is 8.93. The van der Waals surface area contributed by atoms with Crippen molar-refractivity contribution in [2.45, 2.75) is 71.4 Å². The van der Waals surface area contributed by atoms with E-state index in [-0.39, 0.29) is 28.3 Å². The fraction of sp³-hybridized carbons (Fsp3) is 0.783. The Morgan fingerprint density at radius 1 is 1.07 bits per heavy atom. The van der Waals surface area contributed by atoms with Crippen molar-refractivity contribution in [1.29, 1.82) is 0 Å². The molecule has 0 bridgehead atoms. The van der Waals surface area contributed by atoms with Crippen molar-refractivity contribution < 1.29 is 32.3 Å². The van der Waals surface area contributed by atoms with Gasteiger partial charge in [-0.25, -0.2) is 4.79 Å². The highest BCUT2D eigenvalue weighted by atomic mass is 19.4. The van der Waals surface area contributed by atoms with Gasteiger partial charge in [-0.2, -0.15) is 13.2 Å². The van der Waals surface area contributed by atoms with Gasteiger partial charge in [0.25, 0.3) is 0 Å². The van der Waals surface area contributed by atoms with Crippen LogP contribution < -0.4 is 0 Å². The lowest BCUT2D eigenvalue weighted by molar-refractivity contribution is -0.200. The van der Waals surface area contributed by atoms with Crippen LogP contribution in [0.1, 0.15) is 65.2 Å². The second kappa shape index (κ2) is 7.20. The average Bonchev–Trinajstić information content (AvgIpc) is 3.03. The molecule has 4 aliphatic rings. The standard InChI is InChI=1S/C23H29F3O4/c1-21-9-7-14(27)11-13(21)3-4-15-16-5-6-18(22(16,2)10-8-17(15)21)19(28)12-30-20(29)23(24,25)26/h11,15-18H,3-10,12H2,1-2H3. The van der Waals surface area contributed by atoms with Gasteiger partial charge in [0.15, 0.2) is 18.2 Å². The van der Waals surface area contributed by atoms with Crippen LogP contribution in [0.25, 0.3) is 0 Å². The molecule has 4 rings (SSSR count). The van der Waals surface area contributed by atoms with Crippen molar-refractivity contribution in [1.82, 2.24) is 0 Å². The molecule has 0 aromatic carbocycles. The molecule has 0 aliphatic heterocycles. The van der Waals surface area contributed by atoms with E-state index in [9.17, 15) is 27.6 Å². The van der Waals surface area contributed by atoms with Crippen LogP contribution in [0.15, 0.2) is 11.6 Å². The van der Waals surface area contributed by atoms with Gasteiger partial charge in [0, 0.05) is 12.3 Å². The zero-order valence-corrected chi connectivity index (χ0v) is 17.5. The van der Waals surface area contributed by atoms with Gasteiger partial charge in [-0.05, 0) is 79.6 Å². The largest absolute Gasteiger partial charge is 0.490 e. The van der Waals surface area contributed by atoms with E-state index < -0.39 is 18.8 Å². The van der Waals surface area contributed by atoms with Gasteiger partial charge in [0.05, 0.1) is 0 Å². The monoisotopic (exact) mass is 426 g/mol. The Labute approximate surface area is 174 Å². The van der Waals surface area contributed by atoms with Gasteiger partial charge in [0.2, 0.25) is 0 Å². The molecule has 0 aromatic rings. The molecule has 4 aliphatic carbocycles. The minimum absolute atomic E-state index is 0.0441. The Kier molecular flexibility index (Phi) is 5.17. The summed E-state index contributed by atoms with van der Waals surface area (Å²) in [5, 5.41) is 0. The Morgan fingerprint density at radius 3 is 2.50 bits per heavy atom. The molecule has 0 aromatic heterocycles. The van der Waals surface area contributed by atoms with Crippen LogP contribution in [-0.4, -0.2) is 30.3 Å². The number of hydrogen-bond acceptors (Lipinski definition) is 4. The number of carbonyl (C=O) groups is 3. The second-order valence-electron chi connectivity index (χ2n) is 10.2. The van der Waals surface area contributed by atoms with E-state index in [1.165, 1.54) is 5.57 Å². The lowest BCUT2D eigenvalue weighted by Gasteiger charge is -2.58. The average molecular weight is 426 g/mol. The summed E-state index contributed by atoms with van der Waals surface area (Å²) < 4.78 is 41.4. The van der Waals surface area contributed by atoms with E-state index in [1.54, 1.807) is 0 Å². The van der Waals surface area contributed by atoms with E-state index in [0.29, 0.717) is 30.6 Å². The Balaban J connectivity index is 1.49. The van der Waals surface area contributed by atoms with Crippen LogP contribution in [0.5, 0.6) is 0 Å². The molecule has 6 unspecified atom stereocenters. The molecule has 0 N–H and O–H groups in total. The fourth-order valence-corrected chi connectivity index (χ4v) is 7.41. The van der Waals surface area contributed by atoms with E-state index in [1.807, 2.05) is 6.08 Å². The van der Waals surface area contributed by atoms with Crippen LogP contribution in [0.2, 0.25) is 0 Å². The van der Waals surface area contributed by atoms with Crippen LogP contribution in [0, 0.1) is 34.5 Å². The SMILES string of the molecule is CC12CCC(=O)C=C1CCC1C2CCC2(C)C(C(=O)COC(=O)C(F)(F)F)CCC12. The molecule has 0 saturated heterocycles. The Bertz CT molecular complexity index is 801. The molecule has 6 atom stereocenters. The van der Waals surface area contributed by atoms with E-state index in [4.69, 9.17) is 0 Å². The lowest BCUT2D eigenvalue weighted by atomic mass is 9.46. The quantitative estimate of drug-likeness (QED) is 0.608. The number of rotatable bonds is 3. The maximum Gasteiger partial charge on any atom is 0.490 e. The first-order chi connectivity index (χ1) is 14.0. The number of ether oxygens (including phenoxy) is 1. The maximum absolute atomic E-state index is 12.7. The number of Topliss-reactive ketones (excluding diaryl/α,β-unsaturated/α-hetero) is 1. The molecule has 3 fully saturated rings. The molecular formula is C23H29F3O4. The van der Waals surface area contributed by atoms with E-state index in [0.717, 1.165) is 38.5 Å². The Morgan fingerprint density at radius 2 is 1.80 bits per heavy atom. The Hall–Kier alpha value is -1.66. The first kappa shape index (κ1) is 21.6. The van der Waals surface area contributed by atoms with Crippen molar-refractivity contribution in [3.05, 3.63) is 11.6 Å². The minimum atomic E-state index is -5.08. The maximum atomic E-state index is 12.7. The summed E-state index contributed by atoms with van der Waals surface area (Å²) >= 11 is 0. The summed E-state index contributed by atoms with van der Waals surface area (Å²) in [6.07, 6.45) is 3.52. The van der Waals surface area contributed by atoms with Gasteiger partial charge in [-0.15, -0.1) is 0 Å². The third kappa shape index (κ3) is 3.32. The molecule has 3 saturated carbocycles. The number of allylic oxidation sites excluding steroid dienone is 1. The van der Waals surface area contributed by atoms with Crippen molar-refractivity contribution in [3.63, 3.8) is 0 Å². The fourth-order valence-electron chi connectivity index (χ4n) is 7.41. The van der Waals surface area contributed by atoms with Crippen molar-refractivity contribution >= 4 is 17.5 Å². The van der Waals surface area contributed by atoms with Gasteiger partial charge in [-0.3, -0.25) is 9.59 Å². The second-order valence-corrected chi connectivity index (χ2v) is 10.2. The summed E-state index contributed by atoms with van der Waals surface area (Å²) in [7, 11) is 0. The molecule has 0 radical (unpaired) electrons. The molecule has 30 heavy (non-hydrogen) atoms. The topological polar surface area (TPSA) is 60.4 Å². The summed E-state index contributed by atoms with van der Waals surface area (Å²) in [6, 6.07) is 0. The molecular weight excluding hydrogens is 397 g/mol. The van der Waals surface area contributed by atoms with Gasteiger partial charge in [-0.1, -0.05) is 19.4 Å². The summed E-state index contributed by atoms with van der Waals surface area (Å²) in [5.74, 6) is -1.52. The summed E-state index contributed by atoms with van der Waals surface area (Å²) in [5.41, 5.74) is 1.07. The van der Waals surface area contributed by atoms with E-state index >= 15 is 0 Å². The van der Waals surface area contributed by atoms with Crippen molar-refractivity contribution in [2.24, 2.45) is 34.5 Å². The van der Waals surface area contributed by atoms with Crippen molar-refractivity contribution in [3.8, 4) is 0 Å². The van der Waals surface area contributed by atoms with Gasteiger partial charge < -0.3 is 4.74 Å².